The highest BCUT2D eigenvalue weighted by atomic mass is 32.2. The normalized spacial score (nSPS) is 10.2. The van der Waals surface area contributed by atoms with E-state index in [4.69, 9.17) is 9.47 Å². The molecule has 0 N–H and O–H groups in total. The minimum Gasteiger partial charge on any atom is -0.496 e. The van der Waals surface area contributed by atoms with Gasteiger partial charge in [-0.15, -0.1) is 11.8 Å². The Labute approximate surface area is 110 Å². The first kappa shape index (κ1) is 12.7. The van der Waals surface area contributed by atoms with E-state index >= 15 is 0 Å². The van der Waals surface area contributed by atoms with E-state index in [1.165, 1.54) is 0 Å². The molecular weight excluding hydrogens is 248 g/mol. The number of benzene rings is 1. The molecule has 0 bridgehead atoms. The summed E-state index contributed by atoms with van der Waals surface area (Å²) in [5.41, 5.74) is 1.87. The highest BCUT2D eigenvalue weighted by Crippen LogP contribution is 2.32. The lowest BCUT2D eigenvalue weighted by molar-refractivity contribution is 0.380. The fourth-order valence-corrected chi connectivity index (χ4v) is 2.03. The zero-order chi connectivity index (χ0) is 13.0. The van der Waals surface area contributed by atoms with Crippen LogP contribution in [0, 0.1) is 0 Å². The summed E-state index contributed by atoms with van der Waals surface area (Å²) >= 11 is 1.68. The quantitative estimate of drug-likeness (QED) is 0.793. The van der Waals surface area contributed by atoms with Gasteiger partial charge in [-0.3, -0.25) is 0 Å². The minimum atomic E-state index is 0.360. The molecule has 5 heteroatoms. The Kier molecular flexibility index (Phi) is 4.04. The third-order valence-electron chi connectivity index (χ3n) is 2.53. The van der Waals surface area contributed by atoms with Gasteiger partial charge in [0.25, 0.3) is 0 Å². The summed E-state index contributed by atoms with van der Waals surface area (Å²) in [5, 5.41) is 0. The van der Waals surface area contributed by atoms with Crippen molar-refractivity contribution in [3.05, 3.63) is 30.6 Å². The summed E-state index contributed by atoms with van der Waals surface area (Å²) in [6, 6.07) is 6.42. The smallest absolute Gasteiger partial charge is 0.316 e. The number of hydrogen-bond donors (Lipinski definition) is 0. The Morgan fingerprint density at radius 2 is 1.78 bits per heavy atom. The van der Waals surface area contributed by atoms with Crippen molar-refractivity contribution in [2.24, 2.45) is 0 Å². The van der Waals surface area contributed by atoms with Gasteiger partial charge in [0, 0.05) is 28.4 Å². The van der Waals surface area contributed by atoms with Crippen molar-refractivity contribution in [3.63, 3.8) is 0 Å². The Balaban J connectivity index is 2.42. The lowest BCUT2D eigenvalue weighted by atomic mass is 10.1. The second kappa shape index (κ2) is 5.73. The first-order valence-electron chi connectivity index (χ1n) is 5.37. The lowest BCUT2D eigenvalue weighted by Crippen LogP contribution is -1.93. The molecule has 2 rings (SSSR count). The maximum absolute atomic E-state index is 5.40. The number of methoxy groups -OCH3 is 2. The van der Waals surface area contributed by atoms with Gasteiger partial charge in [-0.05, 0) is 24.5 Å². The Hall–Kier alpha value is -1.75. The molecule has 0 saturated carbocycles. The van der Waals surface area contributed by atoms with Crippen molar-refractivity contribution in [2.45, 2.75) is 4.90 Å². The van der Waals surface area contributed by atoms with Gasteiger partial charge in [0.2, 0.25) is 0 Å². The fraction of sp³-hybridized carbons (Fsp3) is 0.231. The zero-order valence-corrected chi connectivity index (χ0v) is 11.3. The Morgan fingerprint density at radius 1 is 1.06 bits per heavy atom. The van der Waals surface area contributed by atoms with E-state index in [0.29, 0.717) is 6.01 Å². The Bertz CT molecular complexity index is 529. The van der Waals surface area contributed by atoms with E-state index in [0.717, 1.165) is 21.8 Å². The second-order valence-corrected chi connectivity index (χ2v) is 4.40. The summed E-state index contributed by atoms with van der Waals surface area (Å²) in [4.78, 5) is 9.35. The van der Waals surface area contributed by atoms with E-state index < -0.39 is 0 Å². The molecule has 2 aromatic rings. The number of nitrogens with zero attached hydrogens (tertiary/aromatic N) is 2. The number of thioether (sulfide) groups is 1. The Morgan fingerprint density at radius 3 is 2.33 bits per heavy atom. The molecule has 0 amide bonds. The second-order valence-electron chi connectivity index (χ2n) is 3.52. The van der Waals surface area contributed by atoms with Crippen LogP contribution in [0.3, 0.4) is 0 Å². The van der Waals surface area contributed by atoms with E-state index in [2.05, 4.69) is 9.97 Å². The van der Waals surface area contributed by atoms with Crippen molar-refractivity contribution in [2.75, 3.05) is 20.5 Å². The molecule has 1 aromatic heterocycles. The van der Waals surface area contributed by atoms with Gasteiger partial charge in [0.05, 0.1) is 14.2 Å². The molecule has 0 radical (unpaired) electrons. The summed E-state index contributed by atoms with van der Waals surface area (Å²) in [7, 11) is 3.20. The predicted molar refractivity (Wildman–Crippen MR) is 72.4 cm³/mol. The summed E-state index contributed by atoms with van der Waals surface area (Å²) in [5.74, 6) is 0.815. The average Bonchev–Trinajstić information content (AvgIpc) is 2.46. The highest BCUT2D eigenvalue weighted by molar-refractivity contribution is 7.98. The number of ether oxygens (including phenoxy) is 2. The zero-order valence-electron chi connectivity index (χ0n) is 10.5. The molecule has 4 nitrogen and oxygen atoms in total. The van der Waals surface area contributed by atoms with Gasteiger partial charge in [0.1, 0.15) is 5.75 Å². The average molecular weight is 262 g/mol. The monoisotopic (exact) mass is 262 g/mol. The third-order valence-corrected chi connectivity index (χ3v) is 3.26. The molecule has 94 valence electrons. The summed E-state index contributed by atoms with van der Waals surface area (Å²) < 4.78 is 10.3. The molecule has 0 saturated heterocycles. The van der Waals surface area contributed by atoms with Crippen LogP contribution in [0.5, 0.6) is 11.8 Å². The number of rotatable bonds is 4. The molecule has 0 aliphatic heterocycles. The van der Waals surface area contributed by atoms with Gasteiger partial charge in [-0.1, -0.05) is 0 Å². The van der Waals surface area contributed by atoms with Gasteiger partial charge >= 0.3 is 6.01 Å². The van der Waals surface area contributed by atoms with Gasteiger partial charge < -0.3 is 9.47 Å². The first-order chi connectivity index (χ1) is 8.78. The van der Waals surface area contributed by atoms with Crippen molar-refractivity contribution >= 4 is 11.8 Å². The summed E-state index contributed by atoms with van der Waals surface area (Å²) in [6.45, 7) is 0. The van der Waals surface area contributed by atoms with Crippen LogP contribution < -0.4 is 9.47 Å². The number of aromatic nitrogens is 2. The predicted octanol–water partition coefficient (Wildman–Crippen LogP) is 2.88. The third kappa shape index (κ3) is 2.56. The molecule has 0 fully saturated rings. The van der Waals surface area contributed by atoms with Crippen LogP contribution in [-0.4, -0.2) is 30.4 Å². The van der Waals surface area contributed by atoms with E-state index in [1.54, 1.807) is 38.4 Å². The maximum atomic E-state index is 5.40. The molecule has 0 atom stereocenters. The van der Waals surface area contributed by atoms with Crippen LogP contribution >= 0.6 is 11.8 Å². The van der Waals surface area contributed by atoms with Crippen LogP contribution in [0.1, 0.15) is 0 Å². The highest BCUT2D eigenvalue weighted by Gasteiger charge is 2.08. The molecule has 0 aliphatic carbocycles. The van der Waals surface area contributed by atoms with Crippen LogP contribution in [0.15, 0.2) is 35.5 Å². The molecule has 18 heavy (non-hydrogen) atoms. The molecular formula is C13H14N2O2S. The first-order valence-corrected chi connectivity index (χ1v) is 6.59. The van der Waals surface area contributed by atoms with Crippen molar-refractivity contribution in [1.29, 1.82) is 0 Å². The SMILES string of the molecule is COc1ncc(-c2ccc(SC)cc2OC)cn1. The molecule has 0 unspecified atom stereocenters. The maximum Gasteiger partial charge on any atom is 0.316 e. The van der Waals surface area contributed by atoms with E-state index in [-0.39, 0.29) is 0 Å². The molecule has 0 spiro atoms. The van der Waals surface area contributed by atoms with Gasteiger partial charge in [-0.25, -0.2) is 9.97 Å². The van der Waals surface area contributed by atoms with E-state index in [9.17, 15) is 0 Å². The molecule has 1 aromatic carbocycles. The topological polar surface area (TPSA) is 44.2 Å². The van der Waals surface area contributed by atoms with Crippen LogP contribution in [-0.2, 0) is 0 Å². The van der Waals surface area contributed by atoms with Crippen LogP contribution in [0.25, 0.3) is 11.1 Å². The largest absolute Gasteiger partial charge is 0.496 e. The van der Waals surface area contributed by atoms with Crippen molar-refractivity contribution < 1.29 is 9.47 Å². The van der Waals surface area contributed by atoms with Crippen molar-refractivity contribution in [3.8, 4) is 22.9 Å². The van der Waals surface area contributed by atoms with Crippen LogP contribution in [0.4, 0.5) is 0 Å². The van der Waals surface area contributed by atoms with E-state index in [1.807, 2.05) is 24.5 Å². The number of hydrogen-bond acceptors (Lipinski definition) is 5. The standard InChI is InChI=1S/C13H14N2O2S/c1-16-12-6-10(18-3)4-5-11(12)9-7-14-13(17-2)15-8-9/h4-8H,1-3H3. The molecule has 1 heterocycles. The van der Waals surface area contributed by atoms with Gasteiger partial charge in [-0.2, -0.15) is 0 Å². The summed E-state index contributed by atoms with van der Waals surface area (Å²) in [6.07, 6.45) is 5.48. The van der Waals surface area contributed by atoms with Crippen molar-refractivity contribution in [1.82, 2.24) is 9.97 Å². The minimum absolute atomic E-state index is 0.360. The fourth-order valence-electron chi connectivity index (χ4n) is 1.60. The lowest BCUT2D eigenvalue weighted by Gasteiger charge is -2.09. The molecule has 0 aliphatic rings. The van der Waals surface area contributed by atoms with Crippen LogP contribution in [0.2, 0.25) is 0 Å². The van der Waals surface area contributed by atoms with Gasteiger partial charge in [0.15, 0.2) is 0 Å².